The Hall–Kier alpha value is -1.12. The Morgan fingerprint density at radius 2 is 2.05 bits per heavy atom. The molecule has 3 heteroatoms. The number of unbranched alkanes of at least 4 members (excludes halogenated alkanes) is 1. The zero-order valence-electron chi connectivity index (χ0n) is 14.7. The topological polar surface area (TPSA) is 43.4 Å². The largest absolute Gasteiger partial charge is 0.466 e. The Kier molecular flexibility index (Phi) is 4.84. The lowest BCUT2D eigenvalue weighted by molar-refractivity contribution is -0.146. The maximum atomic E-state index is 12.9. The molecule has 2 fully saturated rings. The lowest BCUT2D eigenvalue weighted by Gasteiger charge is -2.31. The molecule has 0 aromatic rings. The van der Waals surface area contributed by atoms with Gasteiger partial charge < -0.3 is 4.74 Å². The first kappa shape index (κ1) is 17.2. The first-order chi connectivity index (χ1) is 10.3. The molecular weight excluding hydrogens is 276 g/mol. The average molecular weight is 306 g/mol. The molecule has 124 valence electrons. The molecule has 3 nitrogen and oxygen atoms in total. The number of hydrogen-bond acceptors (Lipinski definition) is 3. The highest BCUT2D eigenvalue weighted by Crippen LogP contribution is 2.65. The number of hydrogen-bond donors (Lipinski definition) is 0. The summed E-state index contributed by atoms with van der Waals surface area (Å²) in [7, 11) is 0. The fourth-order valence-electron chi connectivity index (χ4n) is 4.28. The smallest absolute Gasteiger partial charge is 0.312 e. The molecule has 2 aliphatic rings. The van der Waals surface area contributed by atoms with Gasteiger partial charge in [0.1, 0.15) is 0 Å². The van der Waals surface area contributed by atoms with Crippen molar-refractivity contribution >= 4 is 11.8 Å². The predicted molar refractivity (Wildman–Crippen MR) is 87.4 cm³/mol. The first-order valence-corrected chi connectivity index (χ1v) is 8.72. The van der Waals surface area contributed by atoms with E-state index in [1.54, 1.807) is 0 Å². The number of esters is 1. The molecule has 2 aliphatic carbocycles. The molecule has 0 saturated heterocycles. The predicted octanol–water partition coefficient (Wildman–Crippen LogP) is 4.31. The molecule has 0 heterocycles. The average Bonchev–Trinajstić information content (AvgIpc) is 2.77. The van der Waals surface area contributed by atoms with Crippen LogP contribution in [0, 0.1) is 22.7 Å². The highest BCUT2D eigenvalue weighted by Gasteiger charge is 2.63. The van der Waals surface area contributed by atoms with Gasteiger partial charge in [0.2, 0.25) is 0 Å². The van der Waals surface area contributed by atoms with Gasteiger partial charge in [-0.2, -0.15) is 0 Å². The lowest BCUT2D eigenvalue weighted by atomic mass is 9.70. The molecule has 0 aromatic carbocycles. The maximum Gasteiger partial charge on any atom is 0.312 e. The highest BCUT2D eigenvalue weighted by atomic mass is 16.5. The molecular formula is C19H30O3. The summed E-state index contributed by atoms with van der Waals surface area (Å²) in [6.07, 6.45) is 6.78. The Bertz CT molecular complexity index is 489. The SMILES string of the molecule is CCCC[C@H](/C=C1\C(=O)[C@]2(C)CC[C@@H]1C2(C)C)C(=O)OCC. The van der Waals surface area contributed by atoms with Crippen LogP contribution in [0.2, 0.25) is 0 Å². The van der Waals surface area contributed by atoms with Crippen molar-refractivity contribution in [1.29, 1.82) is 0 Å². The third kappa shape index (κ3) is 2.53. The second-order valence-electron chi connectivity index (χ2n) is 7.60. The van der Waals surface area contributed by atoms with Gasteiger partial charge in [0, 0.05) is 5.41 Å². The number of fused-ring (bicyclic) bond motifs is 2. The maximum absolute atomic E-state index is 12.9. The number of Topliss-reactive ketones (excluding diaryl/α,β-unsaturated/α-hetero) is 1. The van der Waals surface area contributed by atoms with E-state index in [2.05, 4.69) is 27.7 Å². The monoisotopic (exact) mass is 306 g/mol. The van der Waals surface area contributed by atoms with Crippen LogP contribution in [0.3, 0.4) is 0 Å². The van der Waals surface area contributed by atoms with E-state index in [-0.39, 0.29) is 28.5 Å². The van der Waals surface area contributed by atoms with Gasteiger partial charge >= 0.3 is 5.97 Å². The van der Waals surface area contributed by atoms with E-state index in [1.165, 1.54) is 0 Å². The molecule has 2 rings (SSSR count). The number of allylic oxidation sites excluding steroid dienone is 1. The summed E-state index contributed by atoms with van der Waals surface area (Å²) >= 11 is 0. The van der Waals surface area contributed by atoms with E-state index in [4.69, 9.17) is 4.74 Å². The molecule has 2 bridgehead atoms. The van der Waals surface area contributed by atoms with Crippen molar-refractivity contribution in [2.75, 3.05) is 6.61 Å². The summed E-state index contributed by atoms with van der Waals surface area (Å²) in [5.74, 6) is 0.114. The highest BCUT2D eigenvalue weighted by molar-refractivity contribution is 6.05. The zero-order chi connectivity index (χ0) is 16.5. The molecule has 0 spiro atoms. The summed E-state index contributed by atoms with van der Waals surface area (Å²) in [5.41, 5.74) is 0.640. The summed E-state index contributed by atoms with van der Waals surface area (Å²) < 4.78 is 5.21. The summed E-state index contributed by atoms with van der Waals surface area (Å²) in [4.78, 5) is 25.1. The summed E-state index contributed by atoms with van der Waals surface area (Å²) in [6, 6.07) is 0. The number of carbonyl (C=O) groups is 2. The molecule has 0 aromatic heterocycles. The molecule has 0 amide bonds. The molecule has 0 aliphatic heterocycles. The van der Waals surface area contributed by atoms with Crippen molar-refractivity contribution in [3.05, 3.63) is 11.6 Å². The second kappa shape index (κ2) is 6.17. The Morgan fingerprint density at radius 1 is 1.36 bits per heavy atom. The lowest BCUT2D eigenvalue weighted by Crippen LogP contribution is -2.32. The number of ketones is 1. The van der Waals surface area contributed by atoms with Gasteiger partial charge in [0.15, 0.2) is 5.78 Å². The van der Waals surface area contributed by atoms with Gasteiger partial charge in [-0.25, -0.2) is 0 Å². The van der Waals surface area contributed by atoms with Gasteiger partial charge in [0.05, 0.1) is 12.5 Å². The van der Waals surface area contributed by atoms with E-state index in [0.717, 1.165) is 37.7 Å². The quantitative estimate of drug-likeness (QED) is 0.542. The van der Waals surface area contributed by atoms with Gasteiger partial charge in [-0.15, -0.1) is 0 Å². The number of rotatable bonds is 6. The molecule has 22 heavy (non-hydrogen) atoms. The van der Waals surface area contributed by atoms with E-state index < -0.39 is 0 Å². The minimum Gasteiger partial charge on any atom is -0.466 e. The van der Waals surface area contributed by atoms with E-state index >= 15 is 0 Å². The normalized spacial score (nSPS) is 32.5. The molecule has 0 N–H and O–H groups in total. The van der Waals surface area contributed by atoms with E-state index in [9.17, 15) is 9.59 Å². The Morgan fingerprint density at radius 3 is 2.55 bits per heavy atom. The zero-order valence-corrected chi connectivity index (χ0v) is 14.7. The minimum atomic E-state index is -0.266. The van der Waals surface area contributed by atoms with E-state index in [1.807, 2.05) is 13.0 Å². The summed E-state index contributed by atoms with van der Waals surface area (Å²) in [6.45, 7) is 10.8. The third-order valence-electron chi connectivity index (χ3n) is 6.20. The van der Waals surface area contributed by atoms with Crippen LogP contribution in [0.1, 0.15) is 66.7 Å². The van der Waals surface area contributed by atoms with E-state index in [0.29, 0.717) is 12.5 Å². The fourth-order valence-corrected chi connectivity index (χ4v) is 4.28. The van der Waals surface area contributed by atoms with Gasteiger partial charge in [-0.3, -0.25) is 9.59 Å². The van der Waals surface area contributed by atoms with Crippen molar-refractivity contribution in [3.8, 4) is 0 Å². The van der Waals surface area contributed by atoms with Crippen LogP contribution in [-0.4, -0.2) is 18.4 Å². The second-order valence-corrected chi connectivity index (χ2v) is 7.60. The number of carbonyl (C=O) groups excluding carboxylic acids is 2. The van der Waals surface area contributed by atoms with Crippen molar-refractivity contribution in [1.82, 2.24) is 0 Å². The minimum absolute atomic E-state index is 0.000115. The number of ether oxygens (including phenoxy) is 1. The molecule has 3 atom stereocenters. The summed E-state index contributed by atoms with van der Waals surface area (Å²) in [5, 5.41) is 0. The van der Waals surface area contributed by atoms with Crippen LogP contribution < -0.4 is 0 Å². The first-order valence-electron chi connectivity index (χ1n) is 8.72. The van der Waals surface area contributed by atoms with Crippen molar-refractivity contribution < 1.29 is 14.3 Å². The van der Waals surface area contributed by atoms with Crippen LogP contribution >= 0.6 is 0 Å². The molecule has 0 unspecified atom stereocenters. The van der Waals surface area contributed by atoms with Crippen LogP contribution in [-0.2, 0) is 14.3 Å². The third-order valence-corrected chi connectivity index (χ3v) is 6.20. The van der Waals surface area contributed by atoms with Crippen molar-refractivity contribution in [2.45, 2.75) is 66.7 Å². The van der Waals surface area contributed by atoms with Crippen LogP contribution in [0.15, 0.2) is 11.6 Å². The van der Waals surface area contributed by atoms with Gasteiger partial charge in [0.25, 0.3) is 0 Å². The molecule has 2 saturated carbocycles. The van der Waals surface area contributed by atoms with Gasteiger partial charge in [-0.1, -0.05) is 46.6 Å². The Balaban J connectivity index is 2.29. The van der Waals surface area contributed by atoms with Gasteiger partial charge in [-0.05, 0) is 43.1 Å². The van der Waals surface area contributed by atoms with Crippen LogP contribution in [0.4, 0.5) is 0 Å². The van der Waals surface area contributed by atoms with Crippen molar-refractivity contribution in [2.24, 2.45) is 22.7 Å². The van der Waals surface area contributed by atoms with Crippen molar-refractivity contribution in [3.63, 3.8) is 0 Å². The van der Waals surface area contributed by atoms with Crippen LogP contribution in [0.5, 0.6) is 0 Å². The molecule has 0 radical (unpaired) electrons. The Labute approximate surface area is 134 Å². The van der Waals surface area contributed by atoms with Crippen LogP contribution in [0.25, 0.3) is 0 Å². The standard InChI is InChI=1S/C19H30O3/c1-6-8-9-13(17(21)22-7-2)12-14-15-10-11-19(5,16(14)20)18(15,3)4/h12-13,15H,6-11H2,1-5H3/b14-12-/t13-,15+,19+/m1/s1. The fraction of sp³-hybridized carbons (Fsp3) is 0.789.